The van der Waals surface area contributed by atoms with E-state index in [-0.39, 0.29) is 16.2 Å². The minimum Gasteiger partial charge on any atom is -0.0616 e. The zero-order chi connectivity index (χ0) is 37.5. The van der Waals surface area contributed by atoms with Gasteiger partial charge in [-0.1, -0.05) is 190 Å². The monoisotopic (exact) mass is 696 g/mol. The quantitative estimate of drug-likeness (QED) is 0.125. The van der Waals surface area contributed by atoms with Crippen LogP contribution in [0.5, 0.6) is 0 Å². The first kappa shape index (κ1) is 33.1. The normalized spacial score (nSPS) is 13.3. The molecule has 0 unspecified atom stereocenters. The molecule has 0 aromatic heterocycles. The van der Waals surface area contributed by atoms with Crippen LogP contribution in [0.25, 0.3) is 98.4 Å². The Labute approximate surface area is 319 Å². The van der Waals surface area contributed by atoms with E-state index in [0.29, 0.717) is 0 Å². The summed E-state index contributed by atoms with van der Waals surface area (Å²) in [6, 6.07) is 49.5. The van der Waals surface area contributed by atoms with E-state index in [1.165, 1.54) is 115 Å². The van der Waals surface area contributed by atoms with Crippen molar-refractivity contribution in [3.8, 4) is 44.5 Å². The van der Waals surface area contributed by atoms with E-state index in [1.807, 2.05) is 0 Å². The van der Waals surface area contributed by atoms with Gasteiger partial charge in [-0.25, -0.2) is 0 Å². The van der Waals surface area contributed by atoms with Gasteiger partial charge < -0.3 is 0 Å². The molecule has 0 nitrogen and oxygen atoms in total. The fourth-order valence-electron chi connectivity index (χ4n) is 9.72. The van der Waals surface area contributed by atoms with Crippen molar-refractivity contribution in [2.75, 3.05) is 0 Å². The van der Waals surface area contributed by atoms with Crippen LogP contribution < -0.4 is 0 Å². The number of hydrogen-bond donors (Lipinski definition) is 0. The molecule has 0 N–H and O–H groups in total. The predicted octanol–water partition coefficient (Wildman–Crippen LogP) is 15.8. The fraction of sp³-hybridized carbons (Fsp3) is 0.222. The van der Waals surface area contributed by atoms with E-state index in [1.54, 1.807) is 0 Å². The van der Waals surface area contributed by atoms with E-state index in [0.717, 1.165) is 0 Å². The van der Waals surface area contributed by atoms with Crippen LogP contribution in [0.4, 0.5) is 0 Å². The minimum atomic E-state index is 0.0516. The van der Waals surface area contributed by atoms with Crippen LogP contribution in [0.3, 0.4) is 0 Å². The molecule has 54 heavy (non-hydrogen) atoms. The first-order valence-electron chi connectivity index (χ1n) is 19.7. The predicted molar refractivity (Wildman–Crippen MR) is 237 cm³/mol. The van der Waals surface area contributed by atoms with Gasteiger partial charge in [0.05, 0.1) is 0 Å². The van der Waals surface area contributed by atoms with Gasteiger partial charge in [-0.05, 0) is 131 Å². The van der Waals surface area contributed by atoms with Crippen LogP contribution in [0.1, 0.15) is 79.0 Å². The Hall–Kier alpha value is -5.46. The summed E-state index contributed by atoms with van der Waals surface area (Å²) < 4.78 is 0. The molecule has 1 aliphatic rings. The van der Waals surface area contributed by atoms with Crippen molar-refractivity contribution >= 4 is 53.9 Å². The van der Waals surface area contributed by atoms with E-state index in [9.17, 15) is 0 Å². The lowest BCUT2D eigenvalue weighted by Gasteiger charge is -2.24. The molecule has 0 atom stereocenters. The molecule has 1 aliphatic carbocycles. The van der Waals surface area contributed by atoms with Crippen LogP contribution in [-0.4, -0.2) is 0 Å². The maximum Gasteiger partial charge on any atom is -0.000740 e. The van der Waals surface area contributed by atoms with Crippen LogP contribution in [0.15, 0.2) is 127 Å². The Morgan fingerprint density at radius 2 is 0.685 bits per heavy atom. The van der Waals surface area contributed by atoms with Crippen molar-refractivity contribution in [3.05, 3.63) is 144 Å². The maximum atomic E-state index is 2.45. The molecular formula is C54H48. The molecule has 9 aromatic rings. The third kappa shape index (κ3) is 4.62. The zero-order valence-corrected chi connectivity index (χ0v) is 33.1. The Morgan fingerprint density at radius 3 is 1.15 bits per heavy atom. The molecule has 0 spiro atoms. The van der Waals surface area contributed by atoms with Crippen molar-refractivity contribution in [2.45, 2.75) is 78.6 Å². The van der Waals surface area contributed by atoms with E-state index in [4.69, 9.17) is 0 Å². The third-order valence-electron chi connectivity index (χ3n) is 12.4. The average Bonchev–Trinajstić information content (AvgIpc) is 3.47. The summed E-state index contributed by atoms with van der Waals surface area (Å²) in [7, 11) is 0. The zero-order valence-electron chi connectivity index (χ0n) is 33.1. The molecule has 0 saturated carbocycles. The molecule has 0 bridgehead atoms. The fourth-order valence-corrected chi connectivity index (χ4v) is 9.72. The van der Waals surface area contributed by atoms with Crippen molar-refractivity contribution in [2.24, 2.45) is 0 Å². The summed E-state index contributed by atoms with van der Waals surface area (Å²) in [6.07, 6.45) is 0. The number of rotatable bonds is 2. The van der Waals surface area contributed by atoms with Gasteiger partial charge in [-0.3, -0.25) is 0 Å². The van der Waals surface area contributed by atoms with Gasteiger partial charge in [0.25, 0.3) is 0 Å². The molecule has 9 aromatic carbocycles. The highest BCUT2D eigenvalue weighted by Crippen LogP contribution is 2.60. The van der Waals surface area contributed by atoms with Gasteiger partial charge in [0.1, 0.15) is 0 Å². The van der Waals surface area contributed by atoms with Crippen LogP contribution >= 0.6 is 0 Å². The van der Waals surface area contributed by atoms with Crippen molar-refractivity contribution in [1.82, 2.24) is 0 Å². The largest absolute Gasteiger partial charge is 0.0616 e. The molecular weight excluding hydrogens is 649 g/mol. The highest BCUT2D eigenvalue weighted by atomic mass is 14.3. The minimum absolute atomic E-state index is 0.0516. The highest BCUT2D eigenvalue weighted by Gasteiger charge is 2.33. The Kier molecular flexibility index (Phi) is 6.78. The Bertz CT molecular complexity index is 2830. The lowest BCUT2D eigenvalue weighted by atomic mass is 9.80. The topological polar surface area (TPSA) is 0 Å². The smallest absolute Gasteiger partial charge is 0.000740 e. The summed E-state index contributed by atoms with van der Waals surface area (Å²) >= 11 is 0. The van der Waals surface area contributed by atoms with Crippen molar-refractivity contribution in [3.63, 3.8) is 0 Å². The summed E-state index contributed by atoms with van der Waals surface area (Å²) in [4.78, 5) is 0. The van der Waals surface area contributed by atoms with Gasteiger partial charge in [0.2, 0.25) is 0 Å². The van der Waals surface area contributed by atoms with Gasteiger partial charge >= 0.3 is 0 Å². The first-order valence-corrected chi connectivity index (χ1v) is 19.7. The molecule has 0 amide bonds. The second kappa shape index (κ2) is 11.0. The number of hydrogen-bond acceptors (Lipinski definition) is 0. The number of fused-ring (bicyclic) bond motifs is 6. The molecule has 0 aliphatic heterocycles. The van der Waals surface area contributed by atoms with Crippen molar-refractivity contribution < 1.29 is 0 Å². The Morgan fingerprint density at radius 1 is 0.278 bits per heavy atom. The SMILES string of the molecule is CC(C)(C)c1ccc(-c2c3c(c(-c4ccc(C(C)(C)C)cc4)c4ccccc24)-c2ccc4c5ccc(C(C)(C)C)c6cccc(c7ccc-3c2c74)c65)cc1. The lowest BCUT2D eigenvalue weighted by molar-refractivity contribution is 0.590. The molecule has 0 fully saturated rings. The van der Waals surface area contributed by atoms with E-state index < -0.39 is 0 Å². The standard InChI is InChI=1S/C54H48/c1-52(2,3)33-21-17-31(18-22-33)45-35-13-10-11-14-36(35)46(32-19-23-34(24-20-32)53(4,5)6)51-43-28-26-40-38-29-30-44(54(7,8)9)41-16-12-15-37(47(38)41)39-25-27-42(50(45)51)49(43)48(39)40/h10-30H,1-9H3. The van der Waals surface area contributed by atoms with Crippen LogP contribution in [-0.2, 0) is 16.2 Å². The highest BCUT2D eigenvalue weighted by molar-refractivity contribution is 6.39. The average molecular weight is 697 g/mol. The molecule has 10 rings (SSSR count). The second-order valence-electron chi connectivity index (χ2n) is 18.9. The lowest BCUT2D eigenvalue weighted by Crippen LogP contribution is -2.11. The molecule has 0 heterocycles. The van der Waals surface area contributed by atoms with Gasteiger partial charge in [-0.2, -0.15) is 0 Å². The molecule has 264 valence electrons. The third-order valence-corrected chi connectivity index (χ3v) is 12.4. The summed E-state index contributed by atoms with van der Waals surface area (Å²) in [5, 5.41) is 13.5. The maximum absolute atomic E-state index is 2.45. The van der Waals surface area contributed by atoms with E-state index in [2.05, 4.69) is 190 Å². The van der Waals surface area contributed by atoms with Crippen LogP contribution in [0.2, 0.25) is 0 Å². The van der Waals surface area contributed by atoms with E-state index >= 15 is 0 Å². The van der Waals surface area contributed by atoms with Crippen LogP contribution in [0, 0.1) is 0 Å². The summed E-state index contributed by atoms with van der Waals surface area (Å²) in [5.74, 6) is 0. The molecule has 0 radical (unpaired) electrons. The molecule has 0 heteroatoms. The summed E-state index contributed by atoms with van der Waals surface area (Å²) in [5.41, 5.74) is 14.9. The van der Waals surface area contributed by atoms with Crippen molar-refractivity contribution in [1.29, 1.82) is 0 Å². The number of benzene rings is 9. The molecule has 0 saturated heterocycles. The van der Waals surface area contributed by atoms with Gasteiger partial charge in [0.15, 0.2) is 0 Å². The first-order chi connectivity index (χ1) is 25.7. The van der Waals surface area contributed by atoms with Gasteiger partial charge in [-0.15, -0.1) is 0 Å². The van der Waals surface area contributed by atoms with Gasteiger partial charge in [0, 0.05) is 0 Å². The second-order valence-corrected chi connectivity index (χ2v) is 18.9. The summed E-state index contributed by atoms with van der Waals surface area (Å²) in [6.45, 7) is 20.8. The Balaban J connectivity index is 1.37.